The SMILES string of the molecule is CC(C)CC(C)(C#N)C(=O)c1ccccc1. The highest BCUT2D eigenvalue weighted by Gasteiger charge is 2.34. The molecule has 0 bridgehead atoms. The van der Waals surface area contributed by atoms with E-state index in [2.05, 4.69) is 6.07 Å². The summed E-state index contributed by atoms with van der Waals surface area (Å²) < 4.78 is 0. The Balaban J connectivity index is 2.99. The van der Waals surface area contributed by atoms with Crippen molar-refractivity contribution in [3.05, 3.63) is 35.9 Å². The predicted octanol–water partition coefficient (Wildman–Crippen LogP) is 3.45. The number of Topliss-reactive ketones (excluding diaryl/α,β-unsaturated/α-hetero) is 1. The quantitative estimate of drug-likeness (QED) is 0.722. The third-order valence-corrected chi connectivity index (χ3v) is 2.60. The van der Waals surface area contributed by atoms with E-state index in [0.29, 0.717) is 17.9 Å². The molecule has 0 heterocycles. The van der Waals surface area contributed by atoms with E-state index in [9.17, 15) is 10.1 Å². The summed E-state index contributed by atoms with van der Waals surface area (Å²) in [5.41, 5.74) is -0.289. The number of benzene rings is 1. The Bertz CT molecular complexity index is 402. The van der Waals surface area contributed by atoms with Gasteiger partial charge in [0.25, 0.3) is 0 Å². The predicted molar refractivity (Wildman–Crippen MR) is 63.9 cm³/mol. The average Bonchev–Trinajstić information content (AvgIpc) is 2.28. The van der Waals surface area contributed by atoms with Crippen molar-refractivity contribution in [3.8, 4) is 6.07 Å². The van der Waals surface area contributed by atoms with Crippen molar-refractivity contribution in [1.82, 2.24) is 0 Å². The first-order valence-electron chi connectivity index (χ1n) is 5.50. The molecule has 1 aromatic carbocycles. The fraction of sp³-hybridized carbons (Fsp3) is 0.429. The molecule has 16 heavy (non-hydrogen) atoms. The van der Waals surface area contributed by atoms with Crippen LogP contribution in [0.2, 0.25) is 0 Å². The zero-order valence-corrected chi connectivity index (χ0v) is 10.0. The summed E-state index contributed by atoms with van der Waals surface area (Å²) in [4.78, 5) is 12.2. The molecule has 0 amide bonds. The molecule has 0 fully saturated rings. The fourth-order valence-electron chi connectivity index (χ4n) is 1.91. The highest BCUT2D eigenvalue weighted by molar-refractivity contribution is 6.01. The Kier molecular flexibility index (Phi) is 3.84. The van der Waals surface area contributed by atoms with Crippen molar-refractivity contribution in [3.63, 3.8) is 0 Å². The first kappa shape index (κ1) is 12.4. The Morgan fingerprint density at radius 3 is 2.38 bits per heavy atom. The minimum Gasteiger partial charge on any atom is -0.292 e. The number of nitriles is 1. The molecule has 0 spiro atoms. The molecule has 2 heteroatoms. The van der Waals surface area contributed by atoms with Crippen molar-refractivity contribution < 1.29 is 4.79 Å². The van der Waals surface area contributed by atoms with E-state index in [-0.39, 0.29) is 5.78 Å². The summed E-state index contributed by atoms with van der Waals surface area (Å²) >= 11 is 0. The lowest BCUT2D eigenvalue weighted by Crippen LogP contribution is -2.27. The Labute approximate surface area is 96.9 Å². The lowest BCUT2D eigenvalue weighted by Gasteiger charge is -2.22. The summed E-state index contributed by atoms with van der Waals surface area (Å²) in [5.74, 6) is 0.251. The van der Waals surface area contributed by atoms with Gasteiger partial charge in [-0.15, -0.1) is 0 Å². The standard InChI is InChI=1S/C14H17NO/c1-11(2)9-14(3,10-15)13(16)12-7-5-4-6-8-12/h4-8,11H,9H2,1-3H3. The van der Waals surface area contributed by atoms with E-state index in [4.69, 9.17) is 0 Å². The van der Waals surface area contributed by atoms with Crippen LogP contribution >= 0.6 is 0 Å². The Hall–Kier alpha value is -1.62. The number of ketones is 1. The Morgan fingerprint density at radius 2 is 1.94 bits per heavy atom. The molecule has 84 valence electrons. The second-order valence-electron chi connectivity index (χ2n) is 4.74. The maximum atomic E-state index is 12.2. The van der Waals surface area contributed by atoms with Gasteiger partial charge in [-0.1, -0.05) is 44.2 Å². The van der Waals surface area contributed by atoms with Gasteiger partial charge in [-0.25, -0.2) is 0 Å². The van der Waals surface area contributed by atoms with Gasteiger partial charge < -0.3 is 0 Å². The summed E-state index contributed by atoms with van der Waals surface area (Å²) in [7, 11) is 0. The minimum absolute atomic E-state index is 0.0794. The van der Waals surface area contributed by atoms with E-state index < -0.39 is 5.41 Å². The molecule has 0 N–H and O–H groups in total. The normalized spacial score (nSPS) is 14.2. The lowest BCUT2D eigenvalue weighted by atomic mass is 9.77. The maximum absolute atomic E-state index is 12.2. The van der Waals surface area contributed by atoms with Gasteiger partial charge >= 0.3 is 0 Å². The molecule has 2 nitrogen and oxygen atoms in total. The largest absolute Gasteiger partial charge is 0.292 e. The maximum Gasteiger partial charge on any atom is 0.182 e. The number of carbonyl (C=O) groups is 1. The molecular weight excluding hydrogens is 198 g/mol. The van der Waals surface area contributed by atoms with Crippen LogP contribution < -0.4 is 0 Å². The highest BCUT2D eigenvalue weighted by atomic mass is 16.1. The molecular formula is C14H17NO. The molecule has 1 unspecified atom stereocenters. The molecule has 1 aromatic rings. The number of carbonyl (C=O) groups excluding carboxylic acids is 1. The van der Waals surface area contributed by atoms with Crippen molar-refractivity contribution in [2.24, 2.45) is 11.3 Å². The third kappa shape index (κ3) is 2.70. The van der Waals surface area contributed by atoms with Crippen LogP contribution in [0.5, 0.6) is 0 Å². The molecule has 0 saturated carbocycles. The van der Waals surface area contributed by atoms with Crippen LogP contribution in [0.1, 0.15) is 37.6 Å². The third-order valence-electron chi connectivity index (χ3n) is 2.60. The molecule has 1 atom stereocenters. The zero-order valence-electron chi connectivity index (χ0n) is 10.0. The molecule has 0 aliphatic carbocycles. The van der Waals surface area contributed by atoms with Crippen LogP contribution in [-0.4, -0.2) is 5.78 Å². The first-order chi connectivity index (χ1) is 7.49. The molecule has 0 aromatic heterocycles. The molecule has 1 rings (SSSR count). The van der Waals surface area contributed by atoms with Crippen LogP contribution in [0.25, 0.3) is 0 Å². The van der Waals surface area contributed by atoms with Crippen LogP contribution in [-0.2, 0) is 0 Å². The number of rotatable bonds is 4. The van der Waals surface area contributed by atoms with E-state index in [0.717, 1.165) is 0 Å². The van der Waals surface area contributed by atoms with E-state index in [1.54, 1.807) is 19.1 Å². The molecule has 0 aliphatic rings. The van der Waals surface area contributed by atoms with Crippen molar-refractivity contribution >= 4 is 5.78 Å². The molecule has 0 saturated heterocycles. The smallest absolute Gasteiger partial charge is 0.182 e. The number of hydrogen-bond donors (Lipinski definition) is 0. The fourth-order valence-corrected chi connectivity index (χ4v) is 1.91. The number of nitrogens with zero attached hydrogens (tertiary/aromatic N) is 1. The molecule has 0 aliphatic heterocycles. The van der Waals surface area contributed by atoms with Crippen molar-refractivity contribution in [1.29, 1.82) is 5.26 Å². The van der Waals surface area contributed by atoms with E-state index in [1.165, 1.54) is 0 Å². The van der Waals surface area contributed by atoms with Gasteiger partial charge in [0, 0.05) is 5.56 Å². The van der Waals surface area contributed by atoms with Gasteiger partial charge in [-0.2, -0.15) is 5.26 Å². The van der Waals surface area contributed by atoms with Gasteiger partial charge in [0.05, 0.1) is 6.07 Å². The second kappa shape index (κ2) is 4.94. The van der Waals surface area contributed by atoms with Gasteiger partial charge in [0.2, 0.25) is 0 Å². The van der Waals surface area contributed by atoms with Gasteiger partial charge in [-0.05, 0) is 19.3 Å². The van der Waals surface area contributed by atoms with E-state index in [1.807, 2.05) is 32.0 Å². The summed E-state index contributed by atoms with van der Waals surface area (Å²) in [6, 6.07) is 11.2. The number of hydrogen-bond acceptors (Lipinski definition) is 2. The van der Waals surface area contributed by atoms with Gasteiger partial charge in [0.15, 0.2) is 5.78 Å². The monoisotopic (exact) mass is 215 g/mol. The van der Waals surface area contributed by atoms with Crippen LogP contribution in [0.3, 0.4) is 0 Å². The average molecular weight is 215 g/mol. The highest BCUT2D eigenvalue weighted by Crippen LogP contribution is 2.29. The minimum atomic E-state index is -0.907. The van der Waals surface area contributed by atoms with Gasteiger partial charge in [-0.3, -0.25) is 4.79 Å². The van der Waals surface area contributed by atoms with Gasteiger partial charge in [0.1, 0.15) is 5.41 Å². The van der Waals surface area contributed by atoms with Crippen LogP contribution in [0, 0.1) is 22.7 Å². The first-order valence-corrected chi connectivity index (χ1v) is 5.50. The summed E-state index contributed by atoms with van der Waals surface area (Å²) in [5, 5.41) is 9.20. The molecule has 0 radical (unpaired) electrons. The summed E-state index contributed by atoms with van der Waals surface area (Å²) in [6.45, 7) is 5.77. The zero-order chi connectivity index (χ0) is 12.2. The van der Waals surface area contributed by atoms with Crippen LogP contribution in [0.15, 0.2) is 30.3 Å². The Morgan fingerprint density at radius 1 is 1.38 bits per heavy atom. The lowest BCUT2D eigenvalue weighted by molar-refractivity contribution is 0.0853. The van der Waals surface area contributed by atoms with E-state index >= 15 is 0 Å². The topological polar surface area (TPSA) is 40.9 Å². The second-order valence-corrected chi connectivity index (χ2v) is 4.74. The van der Waals surface area contributed by atoms with Crippen molar-refractivity contribution in [2.75, 3.05) is 0 Å². The van der Waals surface area contributed by atoms with Crippen LogP contribution in [0.4, 0.5) is 0 Å². The summed E-state index contributed by atoms with van der Waals surface area (Å²) in [6.07, 6.45) is 0.594. The van der Waals surface area contributed by atoms with Crippen molar-refractivity contribution in [2.45, 2.75) is 27.2 Å².